The van der Waals surface area contributed by atoms with Crippen LogP contribution in [0.3, 0.4) is 0 Å². The Morgan fingerprint density at radius 2 is 1.65 bits per heavy atom. The van der Waals surface area contributed by atoms with Crippen LogP contribution < -0.4 is 4.90 Å². The van der Waals surface area contributed by atoms with Gasteiger partial charge >= 0.3 is 0 Å². The molecule has 1 aromatic carbocycles. The van der Waals surface area contributed by atoms with Crippen molar-refractivity contribution in [2.24, 2.45) is 0 Å². The molecule has 20 heavy (non-hydrogen) atoms. The van der Waals surface area contributed by atoms with E-state index in [2.05, 4.69) is 23.6 Å². The third-order valence-electron chi connectivity index (χ3n) is 2.98. The maximum absolute atomic E-state index is 9.04. The van der Waals surface area contributed by atoms with E-state index in [0.29, 0.717) is 13.1 Å². The molecule has 0 aliphatic heterocycles. The maximum Gasteiger partial charge on any atom is 0.0606 e. The topological polar surface area (TPSA) is 43.7 Å². The highest BCUT2D eigenvalue weighted by Gasteiger charge is 2.04. The smallest absolute Gasteiger partial charge is 0.0606 e. The van der Waals surface area contributed by atoms with Gasteiger partial charge in [0.25, 0.3) is 0 Å². The van der Waals surface area contributed by atoms with E-state index in [4.69, 9.17) is 10.2 Å². The molecule has 0 saturated heterocycles. The molecule has 0 saturated carbocycles. The summed E-state index contributed by atoms with van der Waals surface area (Å²) >= 11 is 1.71. The lowest BCUT2D eigenvalue weighted by Gasteiger charge is -2.22. The van der Waals surface area contributed by atoms with E-state index in [0.717, 1.165) is 11.3 Å². The number of aliphatic hydroxyl groups excluding tert-OH is 2. The Bertz CT molecular complexity index is 514. The lowest BCUT2D eigenvalue weighted by atomic mass is 10.1. The average Bonchev–Trinajstić information content (AvgIpc) is 2.99. The first-order chi connectivity index (χ1) is 9.83. The summed E-state index contributed by atoms with van der Waals surface area (Å²) in [5.74, 6) is 0. The molecule has 0 bridgehead atoms. The number of hydrogen-bond acceptors (Lipinski definition) is 4. The van der Waals surface area contributed by atoms with Gasteiger partial charge in [-0.3, -0.25) is 0 Å². The van der Waals surface area contributed by atoms with E-state index < -0.39 is 0 Å². The molecule has 0 radical (unpaired) electrons. The highest BCUT2D eigenvalue weighted by Crippen LogP contribution is 2.17. The van der Waals surface area contributed by atoms with E-state index in [-0.39, 0.29) is 13.2 Å². The zero-order valence-corrected chi connectivity index (χ0v) is 12.1. The van der Waals surface area contributed by atoms with Gasteiger partial charge in [-0.2, -0.15) is 0 Å². The Balaban J connectivity index is 2.05. The normalized spacial score (nSPS) is 11.1. The second-order valence-electron chi connectivity index (χ2n) is 4.37. The molecule has 2 N–H and O–H groups in total. The molecule has 0 amide bonds. The maximum atomic E-state index is 9.04. The molecule has 106 valence electrons. The van der Waals surface area contributed by atoms with Crippen molar-refractivity contribution in [2.75, 3.05) is 31.2 Å². The fourth-order valence-corrected chi connectivity index (χ4v) is 2.59. The molecule has 1 aromatic heterocycles. The molecule has 0 aliphatic rings. The summed E-state index contributed by atoms with van der Waals surface area (Å²) in [6.07, 6.45) is 4.18. The standard InChI is InChI=1S/C16H19NO2S/c18-11-9-17(10-12-19)15-6-3-14(4-7-15)5-8-16-2-1-13-20-16/h1-8,13,18-19H,9-12H2. The largest absolute Gasteiger partial charge is 0.395 e. The van der Waals surface area contributed by atoms with Crippen molar-refractivity contribution in [3.05, 3.63) is 52.2 Å². The summed E-state index contributed by atoms with van der Waals surface area (Å²) in [6.45, 7) is 1.23. The summed E-state index contributed by atoms with van der Waals surface area (Å²) in [4.78, 5) is 3.20. The van der Waals surface area contributed by atoms with Crippen LogP contribution in [-0.2, 0) is 0 Å². The molecule has 0 fully saturated rings. The van der Waals surface area contributed by atoms with Crippen LogP contribution in [0.5, 0.6) is 0 Å². The minimum atomic E-state index is 0.0834. The Kier molecular flexibility index (Phi) is 5.80. The summed E-state index contributed by atoms with van der Waals surface area (Å²) in [5.41, 5.74) is 2.15. The fraction of sp³-hybridized carbons (Fsp3) is 0.250. The van der Waals surface area contributed by atoms with Crippen molar-refractivity contribution < 1.29 is 10.2 Å². The number of aliphatic hydroxyl groups is 2. The molecule has 2 aromatic rings. The third-order valence-corrected chi connectivity index (χ3v) is 3.82. The van der Waals surface area contributed by atoms with Crippen LogP contribution in [0.2, 0.25) is 0 Å². The van der Waals surface area contributed by atoms with Crippen LogP contribution in [0.15, 0.2) is 41.8 Å². The van der Waals surface area contributed by atoms with Crippen LogP contribution in [0.1, 0.15) is 10.4 Å². The summed E-state index contributed by atoms with van der Waals surface area (Å²) in [5, 5.41) is 20.1. The molecule has 0 unspecified atom stereocenters. The number of benzene rings is 1. The second kappa shape index (κ2) is 7.85. The lowest BCUT2D eigenvalue weighted by molar-refractivity contribution is 0.281. The average molecular weight is 289 g/mol. The molecule has 4 heteroatoms. The van der Waals surface area contributed by atoms with E-state index in [1.165, 1.54) is 4.88 Å². The number of thiophene rings is 1. The van der Waals surface area contributed by atoms with E-state index in [1.807, 2.05) is 35.2 Å². The van der Waals surface area contributed by atoms with Gasteiger partial charge in [0.1, 0.15) is 0 Å². The molecule has 1 heterocycles. The number of rotatable bonds is 7. The second-order valence-corrected chi connectivity index (χ2v) is 5.35. The monoisotopic (exact) mass is 289 g/mol. The van der Waals surface area contributed by atoms with Crippen LogP contribution in [-0.4, -0.2) is 36.5 Å². The molecule has 2 rings (SSSR count). The zero-order chi connectivity index (χ0) is 14.2. The fourth-order valence-electron chi connectivity index (χ4n) is 1.97. The molecular weight excluding hydrogens is 270 g/mol. The summed E-state index contributed by atoms with van der Waals surface area (Å²) in [6, 6.07) is 12.2. The number of hydrogen-bond donors (Lipinski definition) is 2. The van der Waals surface area contributed by atoms with Crippen molar-refractivity contribution in [1.82, 2.24) is 0 Å². The first kappa shape index (κ1) is 14.8. The lowest BCUT2D eigenvalue weighted by Crippen LogP contribution is -2.29. The summed E-state index contributed by atoms with van der Waals surface area (Å²) < 4.78 is 0. The zero-order valence-electron chi connectivity index (χ0n) is 11.3. The van der Waals surface area contributed by atoms with Crippen molar-refractivity contribution in [2.45, 2.75) is 0 Å². The molecule has 3 nitrogen and oxygen atoms in total. The van der Waals surface area contributed by atoms with Gasteiger partial charge in [0.15, 0.2) is 0 Å². The van der Waals surface area contributed by atoms with Crippen molar-refractivity contribution in [3.63, 3.8) is 0 Å². The Labute approximate surface area is 123 Å². The van der Waals surface area contributed by atoms with E-state index in [1.54, 1.807) is 11.3 Å². The van der Waals surface area contributed by atoms with Gasteiger partial charge in [-0.05, 0) is 35.2 Å². The first-order valence-electron chi connectivity index (χ1n) is 6.62. The van der Waals surface area contributed by atoms with Gasteiger partial charge in [0.05, 0.1) is 13.2 Å². The Hall–Kier alpha value is -1.62. The predicted octanol–water partition coefficient (Wildman–Crippen LogP) is 2.71. The SMILES string of the molecule is OCCN(CCO)c1ccc(C=Cc2cccs2)cc1. The molecule has 0 atom stereocenters. The first-order valence-corrected chi connectivity index (χ1v) is 7.50. The van der Waals surface area contributed by atoms with Crippen LogP contribution >= 0.6 is 11.3 Å². The predicted molar refractivity (Wildman–Crippen MR) is 86.1 cm³/mol. The minimum absolute atomic E-state index is 0.0834. The van der Waals surface area contributed by atoms with Gasteiger partial charge < -0.3 is 15.1 Å². The van der Waals surface area contributed by atoms with Gasteiger partial charge in [0.2, 0.25) is 0 Å². The van der Waals surface area contributed by atoms with Gasteiger partial charge in [-0.25, -0.2) is 0 Å². The van der Waals surface area contributed by atoms with Crippen LogP contribution in [0.25, 0.3) is 12.2 Å². The highest BCUT2D eigenvalue weighted by atomic mass is 32.1. The van der Waals surface area contributed by atoms with Gasteiger partial charge in [-0.15, -0.1) is 11.3 Å². The Morgan fingerprint density at radius 1 is 0.950 bits per heavy atom. The summed E-state index contributed by atoms with van der Waals surface area (Å²) in [7, 11) is 0. The Morgan fingerprint density at radius 3 is 2.20 bits per heavy atom. The quantitative estimate of drug-likeness (QED) is 0.823. The third kappa shape index (κ3) is 4.20. The van der Waals surface area contributed by atoms with Gasteiger partial charge in [0, 0.05) is 23.7 Å². The highest BCUT2D eigenvalue weighted by molar-refractivity contribution is 7.10. The van der Waals surface area contributed by atoms with Crippen molar-refractivity contribution in [3.8, 4) is 0 Å². The van der Waals surface area contributed by atoms with E-state index in [9.17, 15) is 0 Å². The molecule has 0 spiro atoms. The minimum Gasteiger partial charge on any atom is -0.395 e. The number of nitrogens with zero attached hydrogens (tertiary/aromatic N) is 1. The van der Waals surface area contributed by atoms with Crippen molar-refractivity contribution >= 4 is 29.2 Å². The van der Waals surface area contributed by atoms with Gasteiger partial charge in [-0.1, -0.05) is 24.3 Å². The number of anilines is 1. The van der Waals surface area contributed by atoms with Crippen LogP contribution in [0.4, 0.5) is 5.69 Å². The molecular formula is C16H19NO2S. The molecule has 0 aliphatic carbocycles. The van der Waals surface area contributed by atoms with Crippen molar-refractivity contribution in [1.29, 1.82) is 0 Å². The van der Waals surface area contributed by atoms with Crippen LogP contribution in [0, 0.1) is 0 Å². The van der Waals surface area contributed by atoms with E-state index >= 15 is 0 Å².